The van der Waals surface area contributed by atoms with Crippen LogP contribution in [0.3, 0.4) is 0 Å². The Labute approximate surface area is 122 Å². The summed E-state index contributed by atoms with van der Waals surface area (Å²) < 4.78 is 38.7. The molecule has 2 rings (SSSR count). The van der Waals surface area contributed by atoms with E-state index in [0.717, 1.165) is 25.0 Å². The topological polar surface area (TPSA) is 48.4 Å². The Kier molecular flexibility index (Phi) is 4.61. The molecule has 1 unspecified atom stereocenters. The third kappa shape index (κ3) is 3.78. The summed E-state index contributed by atoms with van der Waals surface area (Å²) in [6.45, 7) is 2.96. The lowest BCUT2D eigenvalue weighted by Crippen LogP contribution is -2.37. The maximum atomic E-state index is 12.9. The second-order valence-electron chi connectivity index (χ2n) is 5.41. The van der Waals surface area contributed by atoms with Gasteiger partial charge in [0, 0.05) is 20.1 Å². The number of pyridine rings is 1. The number of hydrogen-bond acceptors (Lipinski definition) is 4. The van der Waals surface area contributed by atoms with Crippen molar-refractivity contribution in [1.82, 2.24) is 4.98 Å². The number of aliphatic hydroxyl groups is 1. The van der Waals surface area contributed by atoms with E-state index < -0.39 is 11.7 Å². The molecule has 1 fully saturated rings. The molecule has 1 aromatic rings. The third-order valence-electron chi connectivity index (χ3n) is 3.94. The number of aliphatic hydroxyl groups excluding tert-OH is 1. The summed E-state index contributed by atoms with van der Waals surface area (Å²) >= 11 is 0. The molecule has 4 nitrogen and oxygen atoms in total. The van der Waals surface area contributed by atoms with Crippen molar-refractivity contribution in [3.05, 3.63) is 17.7 Å². The molecule has 1 saturated heterocycles. The quantitative estimate of drug-likeness (QED) is 0.901. The molecule has 0 radical (unpaired) electrons. The van der Waals surface area contributed by atoms with E-state index in [1.54, 1.807) is 14.0 Å². The number of halogens is 3. The van der Waals surface area contributed by atoms with Crippen LogP contribution in [-0.2, 0) is 6.18 Å². The minimum atomic E-state index is -4.39. The molecule has 1 atom stereocenters. The Morgan fingerprint density at radius 3 is 2.43 bits per heavy atom. The molecule has 0 aromatic carbocycles. The first kappa shape index (κ1) is 15.9. The number of nitrogens with one attached hydrogen (secondary N) is 1. The van der Waals surface area contributed by atoms with Gasteiger partial charge in [0.05, 0.1) is 11.7 Å². The fourth-order valence-electron chi connectivity index (χ4n) is 2.58. The minimum absolute atomic E-state index is 0.204. The summed E-state index contributed by atoms with van der Waals surface area (Å²) in [6.07, 6.45) is -3.26. The van der Waals surface area contributed by atoms with Crippen LogP contribution in [0, 0.1) is 5.92 Å². The zero-order valence-electron chi connectivity index (χ0n) is 12.1. The molecule has 2 N–H and O–H groups in total. The van der Waals surface area contributed by atoms with Gasteiger partial charge in [-0.25, -0.2) is 4.98 Å². The predicted octanol–water partition coefficient (Wildman–Crippen LogP) is 2.74. The van der Waals surface area contributed by atoms with Crippen LogP contribution in [0.4, 0.5) is 24.8 Å². The van der Waals surface area contributed by atoms with E-state index in [1.807, 2.05) is 4.90 Å². The monoisotopic (exact) mass is 303 g/mol. The van der Waals surface area contributed by atoms with Crippen LogP contribution in [0.25, 0.3) is 0 Å². The molecule has 2 heterocycles. The van der Waals surface area contributed by atoms with E-state index in [0.29, 0.717) is 18.9 Å². The van der Waals surface area contributed by atoms with Crippen molar-refractivity contribution in [2.75, 3.05) is 30.4 Å². The minimum Gasteiger partial charge on any atom is -0.393 e. The summed E-state index contributed by atoms with van der Waals surface area (Å²) in [5, 5.41) is 12.2. The largest absolute Gasteiger partial charge is 0.416 e. The molecule has 1 aromatic heterocycles. The number of rotatable bonds is 3. The van der Waals surface area contributed by atoms with E-state index in [9.17, 15) is 18.3 Å². The zero-order valence-corrected chi connectivity index (χ0v) is 12.1. The second kappa shape index (κ2) is 6.09. The number of nitrogens with zero attached hydrogens (tertiary/aromatic N) is 2. The number of alkyl halides is 3. The molecule has 0 amide bonds. The van der Waals surface area contributed by atoms with Crippen molar-refractivity contribution in [2.45, 2.75) is 32.0 Å². The number of piperidine rings is 1. The molecule has 0 spiro atoms. The first-order valence-electron chi connectivity index (χ1n) is 7.01. The van der Waals surface area contributed by atoms with Crippen molar-refractivity contribution < 1.29 is 18.3 Å². The Hall–Kier alpha value is -1.50. The van der Waals surface area contributed by atoms with Crippen molar-refractivity contribution in [3.63, 3.8) is 0 Å². The van der Waals surface area contributed by atoms with E-state index in [-0.39, 0.29) is 17.8 Å². The lowest BCUT2D eigenvalue weighted by atomic mass is 9.92. The van der Waals surface area contributed by atoms with E-state index in [2.05, 4.69) is 10.3 Å². The fraction of sp³-hybridized carbons (Fsp3) is 0.643. The molecule has 1 aliphatic rings. The molecular formula is C14H20F3N3O. The molecule has 7 heteroatoms. The highest BCUT2D eigenvalue weighted by Gasteiger charge is 2.32. The normalized spacial score (nSPS) is 18.7. The highest BCUT2D eigenvalue weighted by Crippen LogP contribution is 2.34. The first-order chi connectivity index (χ1) is 9.81. The predicted molar refractivity (Wildman–Crippen MR) is 75.4 cm³/mol. The third-order valence-corrected chi connectivity index (χ3v) is 3.94. The van der Waals surface area contributed by atoms with E-state index >= 15 is 0 Å². The lowest BCUT2D eigenvalue weighted by molar-refractivity contribution is -0.137. The van der Waals surface area contributed by atoms with Crippen molar-refractivity contribution in [3.8, 4) is 0 Å². The van der Waals surface area contributed by atoms with Crippen LogP contribution in [0.2, 0.25) is 0 Å². The summed E-state index contributed by atoms with van der Waals surface area (Å²) in [5.41, 5.74) is -0.700. The van der Waals surface area contributed by atoms with Crippen LogP contribution in [-0.4, -0.2) is 36.3 Å². The summed E-state index contributed by atoms with van der Waals surface area (Å²) in [7, 11) is 1.55. The number of hydrogen-bond donors (Lipinski definition) is 2. The van der Waals surface area contributed by atoms with Crippen molar-refractivity contribution in [1.29, 1.82) is 0 Å². The van der Waals surface area contributed by atoms with Gasteiger partial charge in [0.1, 0.15) is 11.6 Å². The lowest BCUT2D eigenvalue weighted by Gasteiger charge is -2.34. The van der Waals surface area contributed by atoms with Gasteiger partial charge in [-0.2, -0.15) is 13.2 Å². The van der Waals surface area contributed by atoms with Gasteiger partial charge < -0.3 is 15.3 Å². The molecule has 0 bridgehead atoms. The van der Waals surface area contributed by atoms with Gasteiger partial charge in [0.2, 0.25) is 0 Å². The zero-order chi connectivity index (χ0) is 15.6. The molecular weight excluding hydrogens is 283 g/mol. The molecule has 0 saturated carbocycles. The molecule has 1 aliphatic heterocycles. The second-order valence-corrected chi connectivity index (χ2v) is 5.41. The average Bonchev–Trinajstić information content (AvgIpc) is 2.46. The summed E-state index contributed by atoms with van der Waals surface area (Å²) in [6, 6.07) is 2.09. The van der Waals surface area contributed by atoms with Crippen molar-refractivity contribution in [2.24, 2.45) is 5.92 Å². The smallest absolute Gasteiger partial charge is 0.393 e. The van der Waals surface area contributed by atoms with Crippen LogP contribution in [0.5, 0.6) is 0 Å². The fourth-order valence-corrected chi connectivity index (χ4v) is 2.58. The average molecular weight is 303 g/mol. The SMILES string of the molecule is CNc1cc(C(F)(F)F)cc(N2CCC(C(C)O)CC2)n1. The Morgan fingerprint density at radius 1 is 1.33 bits per heavy atom. The summed E-state index contributed by atoms with van der Waals surface area (Å²) in [5.74, 6) is 0.742. The van der Waals surface area contributed by atoms with Gasteiger partial charge in [-0.15, -0.1) is 0 Å². The Morgan fingerprint density at radius 2 is 1.95 bits per heavy atom. The number of anilines is 2. The molecule has 118 valence electrons. The van der Waals surface area contributed by atoms with Gasteiger partial charge in [0.15, 0.2) is 0 Å². The highest BCUT2D eigenvalue weighted by molar-refractivity contribution is 5.51. The molecule has 21 heavy (non-hydrogen) atoms. The standard InChI is InChI=1S/C14H20F3N3O/c1-9(21)10-3-5-20(6-4-10)13-8-11(14(15,16)17)7-12(18-2)19-13/h7-10,21H,3-6H2,1-2H3,(H,18,19). The molecule has 0 aliphatic carbocycles. The maximum Gasteiger partial charge on any atom is 0.416 e. The van der Waals surface area contributed by atoms with Gasteiger partial charge in [-0.3, -0.25) is 0 Å². The Bertz CT molecular complexity index is 483. The Balaban J connectivity index is 2.20. The van der Waals surface area contributed by atoms with Crippen LogP contribution >= 0.6 is 0 Å². The van der Waals surface area contributed by atoms with Gasteiger partial charge in [-0.1, -0.05) is 0 Å². The first-order valence-corrected chi connectivity index (χ1v) is 7.01. The van der Waals surface area contributed by atoms with E-state index in [4.69, 9.17) is 0 Å². The summed E-state index contributed by atoms with van der Waals surface area (Å²) in [4.78, 5) is 6.05. The maximum absolute atomic E-state index is 12.9. The van der Waals surface area contributed by atoms with Gasteiger partial charge in [-0.05, 0) is 37.8 Å². The van der Waals surface area contributed by atoms with Crippen LogP contribution < -0.4 is 10.2 Å². The van der Waals surface area contributed by atoms with Crippen LogP contribution in [0.15, 0.2) is 12.1 Å². The number of aromatic nitrogens is 1. The van der Waals surface area contributed by atoms with Crippen LogP contribution in [0.1, 0.15) is 25.3 Å². The van der Waals surface area contributed by atoms with Gasteiger partial charge >= 0.3 is 6.18 Å². The van der Waals surface area contributed by atoms with Crippen molar-refractivity contribution >= 4 is 11.6 Å². The van der Waals surface area contributed by atoms with E-state index in [1.165, 1.54) is 0 Å². The highest BCUT2D eigenvalue weighted by atomic mass is 19.4. The van der Waals surface area contributed by atoms with Gasteiger partial charge in [0.25, 0.3) is 0 Å².